The Bertz CT molecular complexity index is 659. The highest BCUT2D eigenvalue weighted by Gasteiger charge is 2.27. The molecule has 1 aromatic rings. The van der Waals surface area contributed by atoms with Gasteiger partial charge in [-0.05, 0) is 45.0 Å². The van der Waals surface area contributed by atoms with Crippen molar-refractivity contribution in [2.24, 2.45) is 5.73 Å². The molecule has 0 fully saturated rings. The molecule has 1 rings (SSSR count). The van der Waals surface area contributed by atoms with Crippen molar-refractivity contribution in [3.05, 3.63) is 29.8 Å². The Morgan fingerprint density at radius 1 is 1.17 bits per heavy atom. The molecule has 138 valence electrons. The van der Waals surface area contributed by atoms with Crippen molar-refractivity contribution >= 4 is 28.3 Å². The summed E-state index contributed by atoms with van der Waals surface area (Å²) >= 11 is 0. The van der Waals surface area contributed by atoms with Gasteiger partial charge in [-0.15, -0.1) is 12.4 Å². The summed E-state index contributed by atoms with van der Waals surface area (Å²) in [6, 6.07) is 4.99. The summed E-state index contributed by atoms with van der Waals surface area (Å²) in [6.07, 6.45) is 0. The number of benzene rings is 1. The molecule has 4 N–H and O–H groups in total. The molecule has 0 aromatic heterocycles. The quantitative estimate of drug-likeness (QED) is 0.690. The van der Waals surface area contributed by atoms with E-state index in [9.17, 15) is 22.0 Å². The van der Waals surface area contributed by atoms with Crippen molar-refractivity contribution in [3.8, 4) is 0 Å². The van der Waals surface area contributed by atoms with Crippen molar-refractivity contribution < 1.29 is 22.0 Å². The van der Waals surface area contributed by atoms with E-state index >= 15 is 0 Å². The maximum Gasteiger partial charge on any atom is 0.277 e. The Labute approximate surface area is 146 Å². The number of sulfonamides is 1. The van der Waals surface area contributed by atoms with Gasteiger partial charge in [0.2, 0.25) is 10.0 Å². The van der Waals surface area contributed by atoms with Crippen molar-refractivity contribution in [1.82, 2.24) is 10.0 Å². The van der Waals surface area contributed by atoms with E-state index in [0.29, 0.717) is 0 Å². The first-order valence-corrected chi connectivity index (χ1v) is 8.35. The first kappa shape index (κ1) is 22.7. The van der Waals surface area contributed by atoms with Gasteiger partial charge >= 0.3 is 0 Å². The normalized spacial score (nSPS) is 12.4. The molecule has 0 heterocycles. The molecule has 1 aromatic carbocycles. The van der Waals surface area contributed by atoms with Crippen LogP contribution in [-0.4, -0.2) is 38.9 Å². The molecule has 0 unspecified atom stereocenters. The van der Waals surface area contributed by atoms with Gasteiger partial charge in [0.15, 0.2) is 0 Å². The second-order valence-electron chi connectivity index (χ2n) is 6.12. The number of amides is 1. The molecule has 6 nitrogen and oxygen atoms in total. The van der Waals surface area contributed by atoms with Gasteiger partial charge in [0.1, 0.15) is 0 Å². The van der Waals surface area contributed by atoms with Gasteiger partial charge < -0.3 is 11.1 Å². The lowest BCUT2D eigenvalue weighted by molar-refractivity contribution is 0.0118. The molecule has 1 amide bonds. The fraction of sp³-hybridized carbons (Fsp3) is 0.500. The first-order valence-electron chi connectivity index (χ1n) is 6.86. The Kier molecular flexibility index (Phi) is 7.75. The van der Waals surface area contributed by atoms with Crippen LogP contribution in [0, 0.1) is 0 Å². The summed E-state index contributed by atoms with van der Waals surface area (Å²) in [6.45, 7) is 3.34. The van der Waals surface area contributed by atoms with Gasteiger partial charge in [-0.2, -0.15) is 0 Å². The third-order valence-corrected chi connectivity index (χ3v) is 4.45. The van der Waals surface area contributed by atoms with E-state index in [1.54, 1.807) is 20.8 Å². The minimum Gasteiger partial charge on any atom is -0.346 e. The molecule has 24 heavy (non-hydrogen) atoms. The topological polar surface area (TPSA) is 101 Å². The zero-order valence-electron chi connectivity index (χ0n) is 13.6. The average Bonchev–Trinajstić information content (AvgIpc) is 2.42. The third-order valence-electron chi connectivity index (χ3n) is 2.67. The second-order valence-corrected chi connectivity index (χ2v) is 7.81. The first-order chi connectivity index (χ1) is 10.4. The van der Waals surface area contributed by atoms with Crippen LogP contribution >= 0.6 is 12.4 Å². The van der Waals surface area contributed by atoms with Gasteiger partial charge in [0, 0.05) is 11.1 Å². The molecule has 0 aliphatic heterocycles. The fourth-order valence-electron chi connectivity index (χ4n) is 1.63. The largest absolute Gasteiger partial charge is 0.346 e. The molecule has 0 saturated carbocycles. The van der Waals surface area contributed by atoms with Crippen LogP contribution in [0.15, 0.2) is 29.2 Å². The second kappa shape index (κ2) is 8.19. The van der Waals surface area contributed by atoms with Crippen molar-refractivity contribution in [2.45, 2.75) is 37.1 Å². The minimum atomic E-state index is -3.72. The maximum atomic E-state index is 13.0. The van der Waals surface area contributed by atoms with Crippen molar-refractivity contribution in [3.63, 3.8) is 0 Å². The number of rotatable bonds is 6. The molecule has 0 spiro atoms. The highest BCUT2D eigenvalue weighted by atomic mass is 35.5. The zero-order chi connectivity index (χ0) is 17.9. The SMILES string of the molecule is CC(C)(C)NS(=O)(=O)c1ccc(C(=O)NCC(F)(F)CN)cc1.Cl. The summed E-state index contributed by atoms with van der Waals surface area (Å²) in [5.41, 5.74) is 4.30. The van der Waals surface area contributed by atoms with Crippen LogP contribution in [0.4, 0.5) is 8.78 Å². The van der Waals surface area contributed by atoms with Crippen LogP contribution in [0.3, 0.4) is 0 Å². The standard InChI is InChI=1S/C14H21F2N3O3S.ClH/c1-13(2,3)19-23(21,22)11-6-4-10(5-7-11)12(20)18-9-14(15,16)8-17;/h4-7,19H,8-9,17H2,1-3H3,(H,18,20);1H. The molecular weight excluding hydrogens is 364 g/mol. The molecule has 0 radical (unpaired) electrons. The Balaban J connectivity index is 0.00000529. The van der Waals surface area contributed by atoms with E-state index in [0.717, 1.165) is 0 Å². The Morgan fingerprint density at radius 2 is 1.67 bits per heavy atom. The number of hydrogen-bond acceptors (Lipinski definition) is 4. The van der Waals surface area contributed by atoms with Crippen LogP contribution in [0.2, 0.25) is 0 Å². The lowest BCUT2D eigenvalue weighted by Crippen LogP contribution is -2.41. The number of carbonyl (C=O) groups excluding carboxylic acids is 1. The summed E-state index contributed by atoms with van der Waals surface area (Å²) in [4.78, 5) is 11.7. The lowest BCUT2D eigenvalue weighted by Gasteiger charge is -2.20. The van der Waals surface area contributed by atoms with Gasteiger partial charge in [-0.3, -0.25) is 4.79 Å². The van der Waals surface area contributed by atoms with Crippen molar-refractivity contribution in [2.75, 3.05) is 13.1 Å². The van der Waals surface area contributed by atoms with Crippen LogP contribution < -0.4 is 15.8 Å². The molecule has 0 aliphatic rings. The molecule has 0 saturated heterocycles. The van der Waals surface area contributed by atoms with E-state index < -0.39 is 40.5 Å². The number of nitrogens with one attached hydrogen (secondary N) is 2. The summed E-state index contributed by atoms with van der Waals surface area (Å²) < 4.78 is 52.6. The van der Waals surface area contributed by atoms with Crippen LogP contribution in [0.5, 0.6) is 0 Å². The third kappa shape index (κ3) is 7.08. The number of carbonyl (C=O) groups is 1. The maximum absolute atomic E-state index is 13.0. The molecule has 0 aliphatic carbocycles. The van der Waals surface area contributed by atoms with Crippen LogP contribution in [0.1, 0.15) is 31.1 Å². The summed E-state index contributed by atoms with van der Waals surface area (Å²) in [5.74, 6) is -3.92. The van der Waals surface area contributed by atoms with E-state index in [4.69, 9.17) is 5.73 Å². The lowest BCUT2D eigenvalue weighted by atomic mass is 10.1. The molecular formula is C14H22ClF2N3O3S. The van der Waals surface area contributed by atoms with Crippen molar-refractivity contribution in [1.29, 1.82) is 0 Å². The van der Waals surface area contributed by atoms with Crippen LogP contribution in [-0.2, 0) is 10.0 Å². The monoisotopic (exact) mass is 385 g/mol. The van der Waals surface area contributed by atoms with E-state index in [1.165, 1.54) is 24.3 Å². The zero-order valence-corrected chi connectivity index (χ0v) is 15.2. The molecule has 0 bridgehead atoms. The number of alkyl halides is 2. The fourth-order valence-corrected chi connectivity index (χ4v) is 3.05. The smallest absolute Gasteiger partial charge is 0.277 e. The number of nitrogens with two attached hydrogens (primary N) is 1. The highest BCUT2D eigenvalue weighted by Crippen LogP contribution is 2.14. The van der Waals surface area contributed by atoms with E-state index in [-0.39, 0.29) is 22.9 Å². The summed E-state index contributed by atoms with van der Waals surface area (Å²) in [7, 11) is -3.72. The molecule has 0 atom stereocenters. The Morgan fingerprint density at radius 3 is 2.08 bits per heavy atom. The highest BCUT2D eigenvalue weighted by molar-refractivity contribution is 7.89. The van der Waals surface area contributed by atoms with Crippen LogP contribution in [0.25, 0.3) is 0 Å². The van der Waals surface area contributed by atoms with Gasteiger partial charge in [0.25, 0.3) is 11.8 Å². The van der Waals surface area contributed by atoms with Gasteiger partial charge in [0.05, 0.1) is 18.0 Å². The summed E-state index contributed by atoms with van der Waals surface area (Å²) in [5, 5.41) is 2.05. The van der Waals surface area contributed by atoms with E-state index in [1.807, 2.05) is 0 Å². The number of hydrogen-bond donors (Lipinski definition) is 3. The van der Waals surface area contributed by atoms with E-state index in [2.05, 4.69) is 10.0 Å². The predicted octanol–water partition coefficient (Wildman–Crippen LogP) is 1.51. The Hall–Kier alpha value is -1.29. The molecule has 10 heteroatoms. The average molecular weight is 386 g/mol. The van der Waals surface area contributed by atoms with Gasteiger partial charge in [-0.25, -0.2) is 21.9 Å². The minimum absolute atomic E-state index is 0. The van der Waals surface area contributed by atoms with Gasteiger partial charge in [-0.1, -0.05) is 0 Å². The predicted molar refractivity (Wildman–Crippen MR) is 90.1 cm³/mol. The number of halogens is 3.